The van der Waals surface area contributed by atoms with Gasteiger partial charge in [0.15, 0.2) is 6.29 Å². The molecule has 0 saturated heterocycles. The van der Waals surface area contributed by atoms with E-state index >= 15 is 0 Å². The van der Waals surface area contributed by atoms with Crippen LogP contribution in [-0.2, 0) is 9.47 Å². The minimum Gasteiger partial charge on any atom is -0.391 e. The number of hydrogen-bond acceptors (Lipinski definition) is 3. The van der Waals surface area contributed by atoms with Gasteiger partial charge in [-0.3, -0.25) is 0 Å². The molecule has 0 aromatic heterocycles. The maximum Gasteiger partial charge on any atom is 0.180 e. The monoisotopic (exact) mass is 186 g/mol. The molecule has 0 amide bonds. The van der Waals surface area contributed by atoms with E-state index in [1.165, 1.54) is 0 Å². The quantitative estimate of drug-likeness (QED) is 0.499. The first-order valence-corrected chi connectivity index (χ1v) is 4.52. The van der Waals surface area contributed by atoms with E-state index in [0.29, 0.717) is 13.0 Å². The number of ether oxygens (including phenoxy) is 2. The van der Waals surface area contributed by atoms with Crippen molar-refractivity contribution in [3.8, 4) is 11.8 Å². The summed E-state index contributed by atoms with van der Waals surface area (Å²) in [5.41, 5.74) is 0. The average Bonchev–Trinajstić information content (AvgIpc) is 2.14. The van der Waals surface area contributed by atoms with Gasteiger partial charge >= 0.3 is 0 Å². The largest absolute Gasteiger partial charge is 0.391 e. The Morgan fingerprint density at radius 3 is 2.62 bits per heavy atom. The third kappa shape index (κ3) is 6.59. The van der Waals surface area contributed by atoms with Crippen molar-refractivity contribution in [3.05, 3.63) is 0 Å². The van der Waals surface area contributed by atoms with E-state index in [1.807, 2.05) is 13.8 Å². The fourth-order valence-electron chi connectivity index (χ4n) is 0.874. The molecule has 3 heteroatoms. The SMILES string of the molecule is CC#CCC(C)OC(CO)OCC. The van der Waals surface area contributed by atoms with Crippen molar-refractivity contribution in [1.82, 2.24) is 0 Å². The van der Waals surface area contributed by atoms with Gasteiger partial charge in [0.05, 0.1) is 12.7 Å². The lowest BCUT2D eigenvalue weighted by Crippen LogP contribution is -2.26. The number of aliphatic hydroxyl groups excluding tert-OH is 1. The lowest BCUT2D eigenvalue weighted by Gasteiger charge is -2.18. The zero-order chi connectivity index (χ0) is 10.1. The topological polar surface area (TPSA) is 38.7 Å². The molecule has 0 bridgehead atoms. The van der Waals surface area contributed by atoms with E-state index in [2.05, 4.69) is 11.8 Å². The fourth-order valence-corrected chi connectivity index (χ4v) is 0.874. The van der Waals surface area contributed by atoms with Gasteiger partial charge in [0, 0.05) is 13.0 Å². The molecular formula is C10H18O3. The predicted molar refractivity (Wildman–Crippen MR) is 51.1 cm³/mol. The van der Waals surface area contributed by atoms with Gasteiger partial charge in [-0.25, -0.2) is 0 Å². The van der Waals surface area contributed by atoms with Crippen LogP contribution in [-0.4, -0.2) is 30.7 Å². The van der Waals surface area contributed by atoms with Crippen LogP contribution in [0.25, 0.3) is 0 Å². The van der Waals surface area contributed by atoms with E-state index in [9.17, 15) is 0 Å². The van der Waals surface area contributed by atoms with E-state index in [1.54, 1.807) is 6.92 Å². The number of aliphatic hydroxyl groups is 1. The van der Waals surface area contributed by atoms with Crippen molar-refractivity contribution in [2.24, 2.45) is 0 Å². The minimum absolute atomic E-state index is 0.00356. The van der Waals surface area contributed by atoms with Crippen LogP contribution in [0.2, 0.25) is 0 Å². The normalized spacial score (nSPS) is 14.5. The third-order valence-electron chi connectivity index (χ3n) is 1.45. The van der Waals surface area contributed by atoms with E-state index in [0.717, 1.165) is 0 Å². The molecule has 0 aliphatic carbocycles. The molecule has 0 rings (SSSR count). The number of hydrogen-bond donors (Lipinski definition) is 1. The van der Waals surface area contributed by atoms with Crippen LogP contribution in [0.15, 0.2) is 0 Å². The zero-order valence-corrected chi connectivity index (χ0v) is 8.54. The summed E-state index contributed by atoms with van der Waals surface area (Å²) in [6, 6.07) is 0. The second kappa shape index (κ2) is 8.06. The molecule has 76 valence electrons. The van der Waals surface area contributed by atoms with Crippen molar-refractivity contribution < 1.29 is 14.6 Å². The summed E-state index contributed by atoms with van der Waals surface area (Å²) in [5, 5.41) is 8.85. The van der Waals surface area contributed by atoms with Gasteiger partial charge in [-0.1, -0.05) is 0 Å². The molecule has 13 heavy (non-hydrogen) atoms. The maximum absolute atomic E-state index is 8.85. The Kier molecular flexibility index (Phi) is 7.71. The first kappa shape index (κ1) is 12.4. The summed E-state index contributed by atoms with van der Waals surface area (Å²) in [5.74, 6) is 5.70. The highest BCUT2D eigenvalue weighted by molar-refractivity contribution is 4.96. The second-order valence-corrected chi connectivity index (χ2v) is 2.65. The van der Waals surface area contributed by atoms with Crippen LogP contribution in [0.3, 0.4) is 0 Å². The standard InChI is InChI=1S/C10H18O3/c1-4-6-7-9(3)13-10(8-11)12-5-2/h9-11H,5,7-8H2,1-3H3. The van der Waals surface area contributed by atoms with Crippen LogP contribution in [0.1, 0.15) is 27.2 Å². The summed E-state index contributed by atoms with van der Waals surface area (Å²) in [6.07, 6.45) is 0.148. The molecule has 0 aliphatic heterocycles. The summed E-state index contributed by atoms with van der Waals surface area (Å²) in [7, 11) is 0. The fraction of sp³-hybridized carbons (Fsp3) is 0.800. The molecule has 0 heterocycles. The Labute approximate surface area is 80.0 Å². The average molecular weight is 186 g/mol. The third-order valence-corrected chi connectivity index (χ3v) is 1.45. The van der Waals surface area contributed by atoms with Crippen LogP contribution in [0.5, 0.6) is 0 Å². The molecular weight excluding hydrogens is 168 g/mol. The van der Waals surface area contributed by atoms with Crippen molar-refractivity contribution in [2.45, 2.75) is 39.6 Å². The Morgan fingerprint density at radius 1 is 1.46 bits per heavy atom. The summed E-state index contributed by atoms with van der Waals surface area (Å²) < 4.78 is 10.5. The highest BCUT2D eigenvalue weighted by Crippen LogP contribution is 2.02. The molecule has 0 radical (unpaired) electrons. The van der Waals surface area contributed by atoms with Crippen LogP contribution < -0.4 is 0 Å². The van der Waals surface area contributed by atoms with E-state index < -0.39 is 6.29 Å². The molecule has 0 aromatic carbocycles. The highest BCUT2D eigenvalue weighted by Gasteiger charge is 2.10. The Morgan fingerprint density at radius 2 is 2.15 bits per heavy atom. The Balaban J connectivity index is 3.69. The molecule has 0 spiro atoms. The van der Waals surface area contributed by atoms with Gasteiger partial charge in [-0.15, -0.1) is 11.8 Å². The maximum atomic E-state index is 8.85. The second-order valence-electron chi connectivity index (χ2n) is 2.65. The van der Waals surface area contributed by atoms with Gasteiger partial charge in [0.1, 0.15) is 0 Å². The first-order valence-electron chi connectivity index (χ1n) is 4.52. The van der Waals surface area contributed by atoms with Gasteiger partial charge in [0.2, 0.25) is 0 Å². The lowest BCUT2D eigenvalue weighted by atomic mass is 10.3. The van der Waals surface area contributed by atoms with Crippen molar-refractivity contribution >= 4 is 0 Å². The summed E-state index contributed by atoms with van der Waals surface area (Å²) >= 11 is 0. The van der Waals surface area contributed by atoms with Gasteiger partial charge < -0.3 is 14.6 Å². The molecule has 1 N–H and O–H groups in total. The molecule has 0 aromatic rings. The zero-order valence-electron chi connectivity index (χ0n) is 8.54. The smallest absolute Gasteiger partial charge is 0.180 e. The van der Waals surface area contributed by atoms with Crippen LogP contribution in [0, 0.1) is 11.8 Å². The Bertz CT molecular complexity index is 169. The van der Waals surface area contributed by atoms with Gasteiger partial charge in [-0.05, 0) is 20.8 Å². The molecule has 0 saturated carbocycles. The summed E-state index contributed by atoms with van der Waals surface area (Å²) in [6.45, 7) is 5.99. The highest BCUT2D eigenvalue weighted by atomic mass is 16.7. The molecule has 2 unspecified atom stereocenters. The van der Waals surface area contributed by atoms with E-state index in [-0.39, 0.29) is 12.7 Å². The molecule has 2 atom stereocenters. The van der Waals surface area contributed by atoms with Crippen molar-refractivity contribution in [3.63, 3.8) is 0 Å². The lowest BCUT2D eigenvalue weighted by molar-refractivity contribution is -0.180. The molecule has 0 aliphatic rings. The van der Waals surface area contributed by atoms with Crippen molar-refractivity contribution in [2.75, 3.05) is 13.2 Å². The van der Waals surface area contributed by atoms with Crippen LogP contribution in [0.4, 0.5) is 0 Å². The first-order chi connectivity index (χ1) is 6.24. The predicted octanol–water partition coefficient (Wildman–Crippen LogP) is 1.16. The van der Waals surface area contributed by atoms with Gasteiger partial charge in [0.25, 0.3) is 0 Å². The molecule has 3 nitrogen and oxygen atoms in total. The van der Waals surface area contributed by atoms with Crippen LogP contribution >= 0.6 is 0 Å². The Hall–Kier alpha value is -0.560. The summed E-state index contributed by atoms with van der Waals surface area (Å²) in [4.78, 5) is 0. The van der Waals surface area contributed by atoms with Crippen molar-refractivity contribution in [1.29, 1.82) is 0 Å². The van der Waals surface area contributed by atoms with Gasteiger partial charge in [-0.2, -0.15) is 0 Å². The number of rotatable bonds is 6. The molecule has 0 fully saturated rings. The minimum atomic E-state index is -0.515. The van der Waals surface area contributed by atoms with E-state index in [4.69, 9.17) is 14.6 Å².